The number of hydrogen-bond acceptors (Lipinski definition) is 2. The molecule has 0 heterocycles. The van der Waals surface area contributed by atoms with Crippen LogP contribution in [0.2, 0.25) is 0 Å². The van der Waals surface area contributed by atoms with Gasteiger partial charge in [0.2, 0.25) is 0 Å². The Balaban J connectivity index is 1.88. The zero-order valence-corrected chi connectivity index (χ0v) is 7.78. The topological polar surface area (TPSA) is 29.5 Å². The predicted octanol–water partition coefficient (Wildman–Crippen LogP) is 1.72. The monoisotopic (exact) mass is 180 g/mol. The lowest BCUT2D eigenvalue weighted by molar-refractivity contribution is 0.121. The Hall–Kier alpha value is -0.760. The summed E-state index contributed by atoms with van der Waals surface area (Å²) in [6, 6.07) is 0. The second kappa shape index (κ2) is 3.54. The van der Waals surface area contributed by atoms with Gasteiger partial charge in [-0.05, 0) is 24.7 Å². The maximum Gasteiger partial charge on any atom is 0.111 e. The Labute approximate surface area is 78.9 Å². The Morgan fingerprint density at radius 1 is 1.46 bits per heavy atom. The van der Waals surface area contributed by atoms with Gasteiger partial charge in [-0.15, -0.1) is 0 Å². The van der Waals surface area contributed by atoms with Crippen LogP contribution >= 0.6 is 0 Å². The van der Waals surface area contributed by atoms with Crippen molar-refractivity contribution in [3.63, 3.8) is 0 Å². The van der Waals surface area contributed by atoms with Crippen LogP contribution in [0.25, 0.3) is 0 Å². The minimum absolute atomic E-state index is 0.0790. The number of allylic oxidation sites excluding steroid dienone is 3. The average molecular weight is 180 g/mol. The van der Waals surface area contributed by atoms with Gasteiger partial charge in [0.25, 0.3) is 0 Å². The maximum absolute atomic E-state index is 8.61. The second-order valence-electron chi connectivity index (χ2n) is 3.93. The lowest BCUT2D eigenvalue weighted by Gasteiger charge is -2.20. The Bertz CT molecular complexity index is 232. The van der Waals surface area contributed by atoms with Crippen molar-refractivity contribution >= 4 is 0 Å². The van der Waals surface area contributed by atoms with Crippen LogP contribution in [0.4, 0.5) is 0 Å². The molecule has 72 valence electrons. The fraction of sp³-hybridized carbons (Fsp3) is 0.636. The Morgan fingerprint density at radius 2 is 2.31 bits per heavy atom. The number of aliphatic hydroxyl groups excluding tert-OH is 1. The van der Waals surface area contributed by atoms with E-state index in [4.69, 9.17) is 9.84 Å². The Morgan fingerprint density at radius 3 is 2.85 bits per heavy atom. The SMILES string of the molecule is C=C(OCCO)C1CC2C=CC1C2. The van der Waals surface area contributed by atoms with Gasteiger partial charge in [0.15, 0.2) is 0 Å². The number of rotatable bonds is 4. The molecular weight excluding hydrogens is 164 g/mol. The molecule has 2 bridgehead atoms. The molecule has 0 radical (unpaired) electrons. The summed E-state index contributed by atoms with van der Waals surface area (Å²) in [4.78, 5) is 0. The van der Waals surface area contributed by atoms with Crippen molar-refractivity contribution in [2.45, 2.75) is 12.8 Å². The number of hydrogen-bond donors (Lipinski definition) is 1. The third-order valence-corrected chi connectivity index (χ3v) is 3.07. The van der Waals surface area contributed by atoms with Crippen LogP contribution < -0.4 is 0 Å². The van der Waals surface area contributed by atoms with E-state index < -0.39 is 0 Å². The van der Waals surface area contributed by atoms with Crippen LogP contribution in [-0.4, -0.2) is 18.3 Å². The molecule has 0 amide bonds. The van der Waals surface area contributed by atoms with Gasteiger partial charge in [0.1, 0.15) is 6.61 Å². The molecule has 13 heavy (non-hydrogen) atoms. The first kappa shape index (κ1) is 8.82. The lowest BCUT2D eigenvalue weighted by Crippen LogP contribution is -2.13. The van der Waals surface area contributed by atoms with Crippen molar-refractivity contribution in [3.8, 4) is 0 Å². The van der Waals surface area contributed by atoms with Gasteiger partial charge in [-0.1, -0.05) is 18.7 Å². The van der Waals surface area contributed by atoms with E-state index in [1.54, 1.807) is 0 Å². The summed E-state index contributed by atoms with van der Waals surface area (Å²) in [6.45, 7) is 4.39. The zero-order chi connectivity index (χ0) is 9.26. The van der Waals surface area contributed by atoms with E-state index in [-0.39, 0.29) is 6.61 Å². The molecular formula is C11H16O2. The Kier molecular flexibility index (Phi) is 2.40. The van der Waals surface area contributed by atoms with E-state index in [2.05, 4.69) is 18.7 Å². The van der Waals surface area contributed by atoms with Crippen molar-refractivity contribution in [1.29, 1.82) is 0 Å². The summed E-state index contributed by atoms with van der Waals surface area (Å²) in [6.07, 6.45) is 7.05. The van der Waals surface area contributed by atoms with Crippen LogP contribution in [0.1, 0.15) is 12.8 Å². The van der Waals surface area contributed by atoms with E-state index in [1.807, 2.05) is 0 Å². The highest BCUT2D eigenvalue weighted by Crippen LogP contribution is 2.46. The van der Waals surface area contributed by atoms with Crippen molar-refractivity contribution in [1.82, 2.24) is 0 Å². The van der Waals surface area contributed by atoms with Crippen LogP contribution in [0.15, 0.2) is 24.5 Å². The first-order valence-corrected chi connectivity index (χ1v) is 4.92. The molecule has 0 aromatic carbocycles. The van der Waals surface area contributed by atoms with Gasteiger partial charge in [-0.3, -0.25) is 0 Å². The molecule has 0 aromatic rings. The van der Waals surface area contributed by atoms with Crippen molar-refractivity contribution < 1.29 is 9.84 Å². The van der Waals surface area contributed by atoms with Gasteiger partial charge in [0, 0.05) is 5.92 Å². The third kappa shape index (κ3) is 1.63. The lowest BCUT2D eigenvalue weighted by atomic mass is 9.92. The largest absolute Gasteiger partial charge is 0.496 e. The molecule has 0 aromatic heterocycles. The van der Waals surface area contributed by atoms with Gasteiger partial charge in [0.05, 0.1) is 12.4 Å². The van der Waals surface area contributed by atoms with Gasteiger partial charge in [-0.2, -0.15) is 0 Å². The first-order valence-electron chi connectivity index (χ1n) is 4.92. The molecule has 1 saturated carbocycles. The van der Waals surface area contributed by atoms with E-state index in [0.717, 1.165) is 11.7 Å². The van der Waals surface area contributed by atoms with Gasteiger partial charge in [-0.25, -0.2) is 0 Å². The molecule has 2 rings (SSSR count). The summed E-state index contributed by atoms with van der Waals surface area (Å²) in [5, 5.41) is 8.61. The molecule has 0 saturated heterocycles. The molecule has 1 N–H and O–H groups in total. The molecule has 0 spiro atoms. The van der Waals surface area contributed by atoms with Crippen LogP contribution in [0, 0.1) is 17.8 Å². The number of aliphatic hydroxyl groups is 1. The molecule has 2 aliphatic carbocycles. The minimum Gasteiger partial charge on any atom is -0.496 e. The van der Waals surface area contributed by atoms with Gasteiger partial charge >= 0.3 is 0 Å². The first-order chi connectivity index (χ1) is 6.31. The molecule has 0 aliphatic heterocycles. The van der Waals surface area contributed by atoms with E-state index >= 15 is 0 Å². The highest BCUT2D eigenvalue weighted by Gasteiger charge is 2.37. The normalized spacial score (nSPS) is 35.3. The standard InChI is InChI=1S/C11H16O2/c1-8(13-5-4-12)11-7-9-2-3-10(11)6-9/h2-3,9-12H,1,4-7H2. The summed E-state index contributed by atoms with van der Waals surface area (Å²) in [5.41, 5.74) is 0. The van der Waals surface area contributed by atoms with E-state index in [9.17, 15) is 0 Å². The fourth-order valence-electron chi connectivity index (χ4n) is 2.43. The minimum atomic E-state index is 0.0790. The smallest absolute Gasteiger partial charge is 0.111 e. The van der Waals surface area contributed by atoms with E-state index in [0.29, 0.717) is 18.4 Å². The predicted molar refractivity (Wildman–Crippen MR) is 51.0 cm³/mol. The van der Waals surface area contributed by atoms with Crippen molar-refractivity contribution in [2.24, 2.45) is 17.8 Å². The van der Waals surface area contributed by atoms with Crippen LogP contribution in [0.3, 0.4) is 0 Å². The second-order valence-corrected chi connectivity index (χ2v) is 3.93. The van der Waals surface area contributed by atoms with Gasteiger partial charge < -0.3 is 9.84 Å². The van der Waals surface area contributed by atoms with Crippen molar-refractivity contribution in [3.05, 3.63) is 24.5 Å². The molecule has 3 unspecified atom stereocenters. The number of ether oxygens (including phenoxy) is 1. The highest BCUT2D eigenvalue weighted by atomic mass is 16.5. The molecule has 1 fully saturated rings. The van der Waals surface area contributed by atoms with Crippen LogP contribution in [0.5, 0.6) is 0 Å². The quantitative estimate of drug-likeness (QED) is 0.527. The highest BCUT2D eigenvalue weighted by molar-refractivity contribution is 5.15. The summed E-state index contributed by atoms with van der Waals surface area (Å²) in [5.74, 6) is 2.77. The average Bonchev–Trinajstić information content (AvgIpc) is 2.74. The fourth-order valence-corrected chi connectivity index (χ4v) is 2.43. The maximum atomic E-state index is 8.61. The molecule has 2 nitrogen and oxygen atoms in total. The molecule has 3 atom stereocenters. The summed E-state index contributed by atoms with van der Waals surface area (Å²) in [7, 11) is 0. The molecule has 2 heteroatoms. The van der Waals surface area contributed by atoms with Crippen molar-refractivity contribution in [2.75, 3.05) is 13.2 Å². The number of fused-ring (bicyclic) bond motifs is 2. The van der Waals surface area contributed by atoms with Crippen LogP contribution in [-0.2, 0) is 4.74 Å². The van der Waals surface area contributed by atoms with E-state index in [1.165, 1.54) is 12.8 Å². The summed E-state index contributed by atoms with van der Waals surface area (Å²) >= 11 is 0. The summed E-state index contributed by atoms with van der Waals surface area (Å²) < 4.78 is 5.35. The third-order valence-electron chi connectivity index (χ3n) is 3.07. The zero-order valence-electron chi connectivity index (χ0n) is 7.78. The molecule has 2 aliphatic rings.